The molecule has 5 nitrogen and oxygen atoms in total. The highest BCUT2D eigenvalue weighted by Gasteiger charge is 2.12. The number of amides is 1. The normalized spacial score (nSPS) is 10.5. The van der Waals surface area contributed by atoms with Gasteiger partial charge in [-0.15, -0.1) is 0 Å². The number of aromatic nitrogens is 1. The number of rotatable bonds is 2. The SMILES string of the molecule is Cc1ccc2oc(C(=O)Nc3ccncc3)cc(=O)c2c1. The molecular weight excluding hydrogens is 268 g/mol. The van der Waals surface area contributed by atoms with Gasteiger partial charge in [-0.1, -0.05) is 11.6 Å². The van der Waals surface area contributed by atoms with Gasteiger partial charge in [-0.3, -0.25) is 14.6 Å². The molecule has 3 rings (SSSR count). The minimum Gasteiger partial charge on any atom is -0.451 e. The molecular formula is C16H12N2O3. The van der Waals surface area contributed by atoms with Crippen LogP contribution < -0.4 is 10.7 Å². The standard InChI is InChI=1S/C16H12N2O3/c1-10-2-3-14-12(8-10)13(19)9-15(21-14)16(20)18-11-4-6-17-7-5-11/h2-9H,1H3,(H,17,18,20). The van der Waals surface area contributed by atoms with Gasteiger partial charge >= 0.3 is 0 Å². The molecule has 1 aromatic carbocycles. The maximum atomic E-state index is 12.1. The second kappa shape index (κ2) is 5.20. The number of nitrogens with zero attached hydrogens (tertiary/aromatic N) is 1. The summed E-state index contributed by atoms with van der Waals surface area (Å²) in [4.78, 5) is 28.0. The topological polar surface area (TPSA) is 72.2 Å². The quantitative estimate of drug-likeness (QED) is 0.783. The van der Waals surface area contributed by atoms with Crippen molar-refractivity contribution < 1.29 is 9.21 Å². The smallest absolute Gasteiger partial charge is 0.291 e. The molecule has 1 N–H and O–H groups in total. The molecule has 104 valence electrons. The Hall–Kier alpha value is -2.95. The van der Waals surface area contributed by atoms with Crippen LogP contribution in [0.4, 0.5) is 5.69 Å². The van der Waals surface area contributed by atoms with E-state index in [4.69, 9.17) is 4.42 Å². The molecule has 2 heterocycles. The number of carbonyl (C=O) groups is 1. The molecule has 3 aromatic rings. The van der Waals surface area contributed by atoms with Gasteiger partial charge in [0.15, 0.2) is 11.2 Å². The molecule has 0 spiro atoms. The van der Waals surface area contributed by atoms with Gasteiger partial charge in [0.2, 0.25) is 0 Å². The van der Waals surface area contributed by atoms with Crippen molar-refractivity contribution in [3.8, 4) is 0 Å². The molecule has 0 aliphatic rings. The zero-order valence-corrected chi connectivity index (χ0v) is 11.3. The minimum atomic E-state index is -0.472. The van der Waals surface area contributed by atoms with Crippen LogP contribution in [0.25, 0.3) is 11.0 Å². The van der Waals surface area contributed by atoms with E-state index in [-0.39, 0.29) is 11.2 Å². The zero-order chi connectivity index (χ0) is 14.8. The first-order valence-electron chi connectivity index (χ1n) is 6.39. The van der Waals surface area contributed by atoms with Crippen molar-refractivity contribution in [2.24, 2.45) is 0 Å². The van der Waals surface area contributed by atoms with E-state index < -0.39 is 5.91 Å². The van der Waals surface area contributed by atoms with Gasteiger partial charge in [-0.2, -0.15) is 0 Å². The van der Waals surface area contributed by atoms with Gasteiger partial charge in [-0.05, 0) is 31.2 Å². The van der Waals surface area contributed by atoms with Crippen molar-refractivity contribution in [1.29, 1.82) is 0 Å². The van der Waals surface area contributed by atoms with E-state index in [0.717, 1.165) is 5.56 Å². The number of fused-ring (bicyclic) bond motifs is 1. The fourth-order valence-corrected chi connectivity index (χ4v) is 2.01. The Morgan fingerprint density at radius 2 is 1.90 bits per heavy atom. The van der Waals surface area contributed by atoms with Crippen molar-refractivity contribution in [3.05, 3.63) is 70.3 Å². The van der Waals surface area contributed by atoms with E-state index in [1.54, 1.807) is 36.7 Å². The van der Waals surface area contributed by atoms with Crippen LogP contribution >= 0.6 is 0 Å². The number of hydrogen-bond acceptors (Lipinski definition) is 4. The Bertz CT molecular complexity index is 870. The summed E-state index contributed by atoms with van der Waals surface area (Å²) in [7, 11) is 0. The molecule has 1 amide bonds. The van der Waals surface area contributed by atoms with Crippen LogP contribution in [0.1, 0.15) is 16.1 Å². The molecule has 0 saturated carbocycles. The van der Waals surface area contributed by atoms with Crippen LogP contribution in [0.3, 0.4) is 0 Å². The van der Waals surface area contributed by atoms with E-state index in [9.17, 15) is 9.59 Å². The second-order valence-corrected chi connectivity index (χ2v) is 4.66. The van der Waals surface area contributed by atoms with Crippen molar-refractivity contribution >= 4 is 22.6 Å². The summed E-state index contributed by atoms with van der Waals surface area (Å²) in [6.45, 7) is 1.89. The first-order chi connectivity index (χ1) is 10.1. The number of carbonyl (C=O) groups excluding carboxylic acids is 1. The average molecular weight is 280 g/mol. The summed E-state index contributed by atoms with van der Waals surface area (Å²) in [5.41, 5.74) is 1.71. The van der Waals surface area contributed by atoms with E-state index in [2.05, 4.69) is 10.3 Å². The molecule has 0 aliphatic carbocycles. The lowest BCUT2D eigenvalue weighted by atomic mass is 10.1. The number of hydrogen-bond donors (Lipinski definition) is 1. The third kappa shape index (κ3) is 2.67. The van der Waals surface area contributed by atoms with Gasteiger partial charge < -0.3 is 9.73 Å². The summed E-state index contributed by atoms with van der Waals surface area (Å²) < 4.78 is 5.50. The van der Waals surface area contributed by atoms with Gasteiger partial charge in [0.1, 0.15) is 5.58 Å². The van der Waals surface area contributed by atoms with E-state index in [1.807, 2.05) is 13.0 Å². The average Bonchev–Trinajstić information content (AvgIpc) is 2.49. The molecule has 0 radical (unpaired) electrons. The van der Waals surface area contributed by atoms with Gasteiger partial charge in [-0.25, -0.2) is 0 Å². The van der Waals surface area contributed by atoms with Crippen LogP contribution in [0.5, 0.6) is 0 Å². The maximum absolute atomic E-state index is 12.1. The first kappa shape index (κ1) is 13.1. The number of pyridine rings is 1. The Labute approximate surface area is 120 Å². The lowest BCUT2D eigenvalue weighted by Crippen LogP contribution is -2.15. The van der Waals surface area contributed by atoms with Crippen molar-refractivity contribution in [2.45, 2.75) is 6.92 Å². The highest BCUT2D eigenvalue weighted by molar-refractivity contribution is 6.02. The van der Waals surface area contributed by atoms with Gasteiger partial charge in [0.05, 0.1) is 5.39 Å². The van der Waals surface area contributed by atoms with Crippen LogP contribution in [0, 0.1) is 6.92 Å². The monoisotopic (exact) mass is 280 g/mol. The first-order valence-corrected chi connectivity index (χ1v) is 6.39. The minimum absolute atomic E-state index is 0.0202. The summed E-state index contributed by atoms with van der Waals surface area (Å²) in [6, 6.07) is 9.77. The van der Waals surface area contributed by atoms with Crippen molar-refractivity contribution in [1.82, 2.24) is 4.98 Å². The molecule has 0 aliphatic heterocycles. The third-order valence-electron chi connectivity index (χ3n) is 3.04. The van der Waals surface area contributed by atoms with E-state index in [1.165, 1.54) is 6.07 Å². The molecule has 0 atom stereocenters. The molecule has 0 saturated heterocycles. The Morgan fingerprint density at radius 1 is 1.14 bits per heavy atom. The number of anilines is 1. The van der Waals surface area contributed by atoms with Gasteiger partial charge in [0.25, 0.3) is 5.91 Å². The van der Waals surface area contributed by atoms with Gasteiger partial charge in [0, 0.05) is 24.1 Å². The highest BCUT2D eigenvalue weighted by Crippen LogP contribution is 2.15. The Balaban J connectivity index is 1.99. The fraction of sp³-hybridized carbons (Fsp3) is 0.0625. The van der Waals surface area contributed by atoms with Crippen LogP contribution in [0.15, 0.2) is 58.0 Å². The molecule has 5 heteroatoms. The predicted molar refractivity (Wildman–Crippen MR) is 79.4 cm³/mol. The zero-order valence-electron chi connectivity index (χ0n) is 11.3. The van der Waals surface area contributed by atoms with E-state index in [0.29, 0.717) is 16.7 Å². The van der Waals surface area contributed by atoms with Crippen LogP contribution in [0.2, 0.25) is 0 Å². The number of nitrogens with one attached hydrogen (secondary N) is 1. The summed E-state index contributed by atoms with van der Waals surface area (Å²) in [6.07, 6.45) is 3.13. The summed E-state index contributed by atoms with van der Waals surface area (Å²) in [5.74, 6) is -0.492. The van der Waals surface area contributed by atoms with Crippen LogP contribution in [-0.2, 0) is 0 Å². The lowest BCUT2D eigenvalue weighted by molar-refractivity contribution is 0.0997. The maximum Gasteiger partial charge on any atom is 0.291 e. The van der Waals surface area contributed by atoms with Crippen molar-refractivity contribution in [3.63, 3.8) is 0 Å². The molecule has 0 unspecified atom stereocenters. The van der Waals surface area contributed by atoms with E-state index >= 15 is 0 Å². The largest absolute Gasteiger partial charge is 0.451 e. The Morgan fingerprint density at radius 3 is 2.67 bits per heavy atom. The molecule has 21 heavy (non-hydrogen) atoms. The van der Waals surface area contributed by atoms with Crippen molar-refractivity contribution in [2.75, 3.05) is 5.32 Å². The predicted octanol–water partition coefficient (Wildman–Crippen LogP) is 2.75. The van der Waals surface area contributed by atoms with Crippen LogP contribution in [-0.4, -0.2) is 10.9 Å². The second-order valence-electron chi connectivity index (χ2n) is 4.66. The molecule has 0 fully saturated rings. The lowest BCUT2D eigenvalue weighted by Gasteiger charge is -2.05. The summed E-state index contributed by atoms with van der Waals surface area (Å²) >= 11 is 0. The molecule has 2 aromatic heterocycles. The highest BCUT2D eigenvalue weighted by atomic mass is 16.3. The number of aryl methyl sites for hydroxylation is 1. The summed E-state index contributed by atoms with van der Waals surface area (Å²) in [5, 5.41) is 3.12. The fourth-order valence-electron chi connectivity index (χ4n) is 2.01. The molecule has 0 bridgehead atoms. The number of benzene rings is 1. The Kier molecular flexibility index (Phi) is 3.23. The third-order valence-corrected chi connectivity index (χ3v) is 3.04.